The molecular formula is C20H22FN3O4. The molecule has 2 heterocycles. The first kappa shape index (κ1) is 19.6. The van der Waals surface area contributed by atoms with Crippen LogP contribution >= 0.6 is 0 Å². The molecule has 1 saturated heterocycles. The van der Waals surface area contributed by atoms with Gasteiger partial charge >= 0.3 is 6.09 Å². The van der Waals surface area contributed by atoms with Crippen LogP contribution in [0.3, 0.4) is 0 Å². The summed E-state index contributed by atoms with van der Waals surface area (Å²) in [5, 5.41) is 0. The smallest absolute Gasteiger partial charge is 0.417 e. The summed E-state index contributed by atoms with van der Waals surface area (Å²) in [7, 11) is 1.89. The summed E-state index contributed by atoms with van der Waals surface area (Å²) in [6, 6.07) is 10.4. The van der Waals surface area contributed by atoms with Crippen molar-refractivity contribution in [2.45, 2.75) is 12.8 Å². The van der Waals surface area contributed by atoms with Crippen LogP contribution in [0.15, 0.2) is 42.6 Å². The Labute approximate surface area is 162 Å². The van der Waals surface area contributed by atoms with Crippen molar-refractivity contribution in [3.63, 3.8) is 0 Å². The van der Waals surface area contributed by atoms with Crippen LogP contribution in [-0.4, -0.2) is 55.2 Å². The maximum atomic E-state index is 14.3. The third kappa shape index (κ3) is 4.97. The van der Waals surface area contributed by atoms with Gasteiger partial charge in [-0.05, 0) is 42.7 Å². The fourth-order valence-electron chi connectivity index (χ4n) is 2.84. The lowest BCUT2D eigenvalue weighted by Crippen LogP contribution is -2.30. The Morgan fingerprint density at radius 3 is 2.82 bits per heavy atom. The minimum absolute atomic E-state index is 0.191. The van der Waals surface area contributed by atoms with Gasteiger partial charge in [-0.1, -0.05) is 12.1 Å². The highest BCUT2D eigenvalue weighted by Crippen LogP contribution is 2.20. The van der Waals surface area contributed by atoms with Crippen molar-refractivity contribution in [1.82, 2.24) is 9.88 Å². The van der Waals surface area contributed by atoms with Crippen LogP contribution in [0, 0.1) is 5.82 Å². The number of halogens is 1. The highest BCUT2D eigenvalue weighted by atomic mass is 19.1. The van der Waals surface area contributed by atoms with E-state index in [4.69, 9.17) is 4.74 Å². The summed E-state index contributed by atoms with van der Waals surface area (Å²) in [4.78, 5) is 30.1. The van der Waals surface area contributed by atoms with Crippen LogP contribution in [0.4, 0.5) is 15.0 Å². The van der Waals surface area contributed by atoms with Gasteiger partial charge in [0.1, 0.15) is 12.4 Å². The summed E-state index contributed by atoms with van der Waals surface area (Å²) in [5.41, 5.74) is 0.774. The third-order valence-electron chi connectivity index (χ3n) is 4.41. The molecule has 1 aromatic heterocycles. The quantitative estimate of drug-likeness (QED) is 0.659. The Bertz CT molecular complexity index is 815. The van der Waals surface area contributed by atoms with Crippen molar-refractivity contribution in [3.8, 4) is 5.75 Å². The molecule has 0 aliphatic carbocycles. The molecule has 1 fully saturated rings. The lowest BCUT2D eigenvalue weighted by molar-refractivity contribution is -0.125. The van der Waals surface area contributed by atoms with Gasteiger partial charge in [-0.15, -0.1) is 0 Å². The van der Waals surface area contributed by atoms with E-state index in [0.717, 1.165) is 16.3 Å². The number of ether oxygens (including phenoxy) is 2. The van der Waals surface area contributed by atoms with Crippen LogP contribution in [0.5, 0.6) is 5.75 Å². The van der Waals surface area contributed by atoms with Gasteiger partial charge in [0.05, 0.1) is 6.54 Å². The molecule has 3 rings (SSSR count). The standard InChI is InChI=1S/C20H22FN3O4/c1-23(18-6-2-3-9-22-18)11-12-27-17-8-7-15(13-16(17)21)5-4-10-24-19(25)14-28-20(24)26/h2-3,6-9,13H,4-5,10-12,14H2,1H3. The summed E-state index contributed by atoms with van der Waals surface area (Å²) in [6.07, 6.45) is 2.18. The van der Waals surface area contributed by atoms with Gasteiger partial charge < -0.3 is 14.4 Å². The first-order chi connectivity index (χ1) is 13.5. The lowest BCUT2D eigenvalue weighted by atomic mass is 10.1. The van der Waals surface area contributed by atoms with Gasteiger partial charge in [-0.25, -0.2) is 19.1 Å². The van der Waals surface area contributed by atoms with Crippen LogP contribution in [0.2, 0.25) is 0 Å². The fourth-order valence-corrected chi connectivity index (χ4v) is 2.84. The number of cyclic esters (lactones) is 1. The SMILES string of the molecule is CN(CCOc1ccc(CCCN2C(=O)COC2=O)cc1F)c1ccccn1. The number of aryl methyl sites for hydroxylation is 1. The van der Waals surface area contributed by atoms with E-state index < -0.39 is 11.9 Å². The van der Waals surface area contributed by atoms with Crippen molar-refractivity contribution >= 4 is 17.8 Å². The summed E-state index contributed by atoms with van der Waals surface area (Å²) >= 11 is 0. The summed E-state index contributed by atoms with van der Waals surface area (Å²) in [5.74, 6) is 0.240. The topological polar surface area (TPSA) is 72.0 Å². The first-order valence-electron chi connectivity index (χ1n) is 9.05. The molecule has 0 saturated carbocycles. The molecule has 1 aliphatic heterocycles. The molecule has 0 unspecified atom stereocenters. The molecule has 1 aromatic carbocycles. The molecule has 2 aromatic rings. The molecule has 28 heavy (non-hydrogen) atoms. The van der Waals surface area contributed by atoms with Crippen LogP contribution in [-0.2, 0) is 16.0 Å². The second-order valence-corrected chi connectivity index (χ2v) is 6.43. The molecule has 0 bridgehead atoms. The Balaban J connectivity index is 1.44. The normalized spacial score (nSPS) is 13.6. The van der Waals surface area contributed by atoms with E-state index in [1.165, 1.54) is 6.07 Å². The zero-order chi connectivity index (χ0) is 19.9. The fraction of sp³-hybridized carbons (Fsp3) is 0.350. The Morgan fingerprint density at radius 1 is 1.29 bits per heavy atom. The van der Waals surface area contributed by atoms with Crippen LogP contribution in [0.25, 0.3) is 0 Å². The van der Waals surface area contributed by atoms with E-state index in [0.29, 0.717) is 26.0 Å². The molecule has 0 atom stereocenters. The zero-order valence-corrected chi connectivity index (χ0v) is 15.6. The number of carbonyl (C=O) groups is 2. The van der Waals surface area contributed by atoms with E-state index in [1.54, 1.807) is 18.3 Å². The zero-order valence-electron chi connectivity index (χ0n) is 15.6. The monoisotopic (exact) mass is 387 g/mol. The molecule has 1 aliphatic rings. The molecule has 8 heteroatoms. The average molecular weight is 387 g/mol. The van der Waals surface area contributed by atoms with E-state index in [1.807, 2.05) is 30.1 Å². The van der Waals surface area contributed by atoms with Crippen molar-refractivity contribution in [2.75, 3.05) is 38.3 Å². The number of aromatic nitrogens is 1. The van der Waals surface area contributed by atoms with Gasteiger partial charge in [0.2, 0.25) is 0 Å². The van der Waals surface area contributed by atoms with E-state index in [-0.39, 0.29) is 24.8 Å². The number of nitrogens with zero attached hydrogens (tertiary/aromatic N) is 3. The van der Waals surface area contributed by atoms with Gasteiger partial charge in [0, 0.05) is 19.8 Å². The van der Waals surface area contributed by atoms with Gasteiger partial charge in [0.15, 0.2) is 18.2 Å². The Hall–Kier alpha value is -3.16. The molecule has 0 spiro atoms. The highest BCUT2D eigenvalue weighted by Gasteiger charge is 2.30. The summed E-state index contributed by atoms with van der Waals surface area (Å²) in [6.45, 7) is 0.951. The first-order valence-corrected chi connectivity index (χ1v) is 9.05. The molecular weight excluding hydrogens is 365 g/mol. The number of anilines is 1. The number of carbonyl (C=O) groups excluding carboxylic acids is 2. The van der Waals surface area contributed by atoms with Crippen LogP contribution < -0.4 is 9.64 Å². The van der Waals surface area contributed by atoms with Crippen molar-refractivity contribution in [1.29, 1.82) is 0 Å². The molecule has 148 valence electrons. The number of benzene rings is 1. The predicted octanol–water partition coefficient (Wildman–Crippen LogP) is 2.65. The number of imide groups is 1. The number of hydrogen-bond acceptors (Lipinski definition) is 6. The number of rotatable bonds is 9. The maximum absolute atomic E-state index is 14.3. The largest absolute Gasteiger partial charge is 0.489 e. The van der Waals surface area contributed by atoms with Crippen molar-refractivity contribution in [3.05, 3.63) is 54.0 Å². The predicted molar refractivity (Wildman–Crippen MR) is 101 cm³/mol. The molecule has 0 radical (unpaired) electrons. The molecule has 7 nitrogen and oxygen atoms in total. The van der Waals surface area contributed by atoms with Gasteiger partial charge in [-0.2, -0.15) is 0 Å². The van der Waals surface area contributed by atoms with E-state index >= 15 is 0 Å². The molecule has 0 N–H and O–H groups in total. The number of amides is 2. The van der Waals surface area contributed by atoms with Gasteiger partial charge in [0.25, 0.3) is 5.91 Å². The average Bonchev–Trinajstić information content (AvgIpc) is 3.02. The maximum Gasteiger partial charge on any atom is 0.417 e. The van der Waals surface area contributed by atoms with E-state index in [9.17, 15) is 14.0 Å². The van der Waals surface area contributed by atoms with Crippen LogP contribution in [0.1, 0.15) is 12.0 Å². The second-order valence-electron chi connectivity index (χ2n) is 6.43. The number of likely N-dealkylation sites (N-methyl/N-ethyl adjacent to an activating group) is 1. The summed E-state index contributed by atoms with van der Waals surface area (Å²) < 4.78 is 24.5. The molecule has 2 amide bonds. The lowest BCUT2D eigenvalue weighted by Gasteiger charge is -2.18. The Morgan fingerprint density at radius 2 is 2.14 bits per heavy atom. The van der Waals surface area contributed by atoms with Gasteiger partial charge in [-0.3, -0.25) is 4.79 Å². The van der Waals surface area contributed by atoms with E-state index in [2.05, 4.69) is 9.72 Å². The second kappa shape index (κ2) is 9.16. The highest BCUT2D eigenvalue weighted by molar-refractivity contribution is 5.97. The van der Waals surface area contributed by atoms with Crippen molar-refractivity contribution in [2.24, 2.45) is 0 Å². The minimum Gasteiger partial charge on any atom is -0.489 e. The number of pyridine rings is 1. The third-order valence-corrected chi connectivity index (χ3v) is 4.41. The Kier molecular flexibility index (Phi) is 6.41. The number of hydrogen-bond donors (Lipinski definition) is 0. The van der Waals surface area contributed by atoms with Crippen molar-refractivity contribution < 1.29 is 23.5 Å². The minimum atomic E-state index is -0.615.